The molecule has 1 aliphatic rings. The summed E-state index contributed by atoms with van der Waals surface area (Å²) in [6.45, 7) is 2.07. The van der Waals surface area contributed by atoms with Gasteiger partial charge in [0, 0.05) is 10.6 Å². The van der Waals surface area contributed by atoms with Crippen LogP contribution in [0.2, 0.25) is 5.02 Å². The fourth-order valence-corrected chi connectivity index (χ4v) is 3.03. The summed E-state index contributed by atoms with van der Waals surface area (Å²) in [5, 5.41) is 3.92. The van der Waals surface area contributed by atoms with Crippen molar-refractivity contribution in [1.82, 2.24) is 5.32 Å². The van der Waals surface area contributed by atoms with Gasteiger partial charge in [-0.15, -0.1) is 0 Å². The maximum atomic E-state index is 11.1. The lowest BCUT2D eigenvalue weighted by Crippen LogP contribution is -2.28. The molecule has 5 heteroatoms. The summed E-state index contributed by atoms with van der Waals surface area (Å²) in [5.74, 6) is 1.63. The molecule has 0 amide bonds. The van der Waals surface area contributed by atoms with Gasteiger partial charge in [0.1, 0.15) is 0 Å². The first kappa shape index (κ1) is 15.1. The summed E-state index contributed by atoms with van der Waals surface area (Å²) in [5.41, 5.74) is 1.35. The van der Waals surface area contributed by atoms with E-state index in [0.29, 0.717) is 28.0 Å². The van der Waals surface area contributed by atoms with Crippen molar-refractivity contribution in [2.24, 2.45) is 5.92 Å². The summed E-state index contributed by atoms with van der Waals surface area (Å²) in [6.07, 6.45) is 3.83. The Morgan fingerprint density at radius 2 is 1.95 bits per heavy atom. The number of methoxy groups -OCH3 is 2. The van der Waals surface area contributed by atoms with E-state index < -0.39 is 0 Å². The summed E-state index contributed by atoms with van der Waals surface area (Å²) in [4.78, 5) is 11.1. The number of carbonyl (C=O) groups is 1. The van der Waals surface area contributed by atoms with Gasteiger partial charge in [-0.1, -0.05) is 11.6 Å². The largest absolute Gasteiger partial charge is 0.492 e. The third-order valence-electron chi connectivity index (χ3n) is 3.80. The molecule has 0 saturated carbocycles. The molecule has 0 spiro atoms. The molecule has 0 radical (unpaired) electrons. The SMILES string of the molecule is COc1c(C=O)cc(Cl)c(CC2CCNCC2)c1OC. The minimum Gasteiger partial charge on any atom is -0.492 e. The Morgan fingerprint density at radius 3 is 2.50 bits per heavy atom. The molecule has 1 aromatic carbocycles. The van der Waals surface area contributed by atoms with Crippen LogP contribution in [0.5, 0.6) is 11.5 Å². The van der Waals surface area contributed by atoms with E-state index in [2.05, 4.69) is 5.32 Å². The van der Waals surface area contributed by atoms with Crippen LogP contribution in [0, 0.1) is 5.92 Å². The van der Waals surface area contributed by atoms with Gasteiger partial charge in [0.05, 0.1) is 19.8 Å². The number of hydrogen-bond acceptors (Lipinski definition) is 4. The molecule has 1 aliphatic heterocycles. The molecule has 1 N–H and O–H groups in total. The lowest BCUT2D eigenvalue weighted by Gasteiger charge is -2.24. The first-order valence-corrected chi connectivity index (χ1v) is 7.18. The Labute approximate surface area is 124 Å². The zero-order valence-corrected chi connectivity index (χ0v) is 12.6. The Bertz CT molecular complexity index is 484. The topological polar surface area (TPSA) is 47.6 Å². The van der Waals surface area contributed by atoms with Crippen molar-refractivity contribution >= 4 is 17.9 Å². The van der Waals surface area contributed by atoms with Crippen molar-refractivity contribution < 1.29 is 14.3 Å². The summed E-state index contributed by atoms with van der Waals surface area (Å²) in [6, 6.07) is 1.66. The van der Waals surface area contributed by atoms with E-state index >= 15 is 0 Å². The molecule has 2 rings (SSSR count). The van der Waals surface area contributed by atoms with Crippen LogP contribution in [0.25, 0.3) is 0 Å². The molecule has 0 bridgehead atoms. The van der Waals surface area contributed by atoms with Gasteiger partial charge in [-0.05, 0) is 44.3 Å². The number of rotatable bonds is 5. The van der Waals surface area contributed by atoms with Crippen molar-refractivity contribution in [2.45, 2.75) is 19.3 Å². The highest BCUT2D eigenvalue weighted by atomic mass is 35.5. The van der Waals surface area contributed by atoms with Gasteiger partial charge in [0.2, 0.25) is 0 Å². The number of nitrogens with one attached hydrogen (secondary N) is 1. The highest BCUT2D eigenvalue weighted by Gasteiger charge is 2.22. The summed E-state index contributed by atoms with van der Waals surface area (Å²) in [7, 11) is 3.11. The molecule has 1 fully saturated rings. The summed E-state index contributed by atoms with van der Waals surface area (Å²) >= 11 is 6.33. The van der Waals surface area contributed by atoms with E-state index in [0.717, 1.165) is 44.2 Å². The first-order valence-electron chi connectivity index (χ1n) is 6.80. The van der Waals surface area contributed by atoms with Gasteiger partial charge in [0.15, 0.2) is 17.8 Å². The van der Waals surface area contributed by atoms with Crippen LogP contribution in [0.3, 0.4) is 0 Å². The van der Waals surface area contributed by atoms with Crippen LogP contribution >= 0.6 is 11.6 Å². The second kappa shape index (κ2) is 6.95. The third-order valence-corrected chi connectivity index (χ3v) is 4.14. The number of carbonyl (C=O) groups excluding carboxylic acids is 1. The standard InChI is InChI=1S/C15H20ClNO3/c1-19-14-11(9-18)8-13(16)12(15(14)20-2)7-10-3-5-17-6-4-10/h8-10,17H,3-7H2,1-2H3. The van der Waals surface area contributed by atoms with E-state index in [9.17, 15) is 4.79 Å². The smallest absolute Gasteiger partial charge is 0.171 e. The number of ether oxygens (including phenoxy) is 2. The highest BCUT2D eigenvalue weighted by molar-refractivity contribution is 6.32. The second-order valence-corrected chi connectivity index (χ2v) is 5.42. The van der Waals surface area contributed by atoms with E-state index in [4.69, 9.17) is 21.1 Å². The van der Waals surface area contributed by atoms with Gasteiger partial charge in [-0.25, -0.2) is 0 Å². The molecular weight excluding hydrogens is 278 g/mol. The predicted molar refractivity (Wildman–Crippen MR) is 79.2 cm³/mol. The van der Waals surface area contributed by atoms with Crippen LogP contribution in [0.1, 0.15) is 28.8 Å². The molecular formula is C15H20ClNO3. The maximum absolute atomic E-state index is 11.1. The van der Waals surface area contributed by atoms with Gasteiger partial charge < -0.3 is 14.8 Å². The average Bonchev–Trinajstić information content (AvgIpc) is 2.49. The Hall–Kier alpha value is -1.26. The predicted octanol–water partition coefficient (Wildman–Crippen LogP) is 2.71. The van der Waals surface area contributed by atoms with E-state index in [1.807, 2.05) is 0 Å². The van der Waals surface area contributed by atoms with Crippen molar-refractivity contribution in [3.63, 3.8) is 0 Å². The van der Waals surface area contributed by atoms with Gasteiger partial charge in [-0.2, -0.15) is 0 Å². The molecule has 0 unspecified atom stereocenters. The molecule has 1 heterocycles. The van der Waals surface area contributed by atoms with E-state index in [1.165, 1.54) is 7.11 Å². The average molecular weight is 298 g/mol. The minimum atomic E-state index is 0.420. The van der Waals surface area contributed by atoms with Crippen LogP contribution in [0.15, 0.2) is 6.07 Å². The fourth-order valence-electron chi connectivity index (χ4n) is 2.74. The maximum Gasteiger partial charge on any atom is 0.171 e. The zero-order chi connectivity index (χ0) is 14.5. The second-order valence-electron chi connectivity index (χ2n) is 5.01. The number of piperidine rings is 1. The normalized spacial score (nSPS) is 15.9. The van der Waals surface area contributed by atoms with Crippen molar-refractivity contribution in [2.75, 3.05) is 27.3 Å². The fraction of sp³-hybridized carbons (Fsp3) is 0.533. The minimum absolute atomic E-state index is 0.420. The Kier molecular flexibility index (Phi) is 5.26. The van der Waals surface area contributed by atoms with Crippen LogP contribution in [0.4, 0.5) is 0 Å². The zero-order valence-electron chi connectivity index (χ0n) is 11.9. The van der Waals surface area contributed by atoms with Crippen molar-refractivity contribution in [1.29, 1.82) is 0 Å². The van der Waals surface area contributed by atoms with Crippen molar-refractivity contribution in [3.8, 4) is 11.5 Å². The van der Waals surface area contributed by atoms with Crippen LogP contribution < -0.4 is 14.8 Å². The monoisotopic (exact) mass is 297 g/mol. The Morgan fingerprint density at radius 1 is 1.30 bits per heavy atom. The lowest BCUT2D eigenvalue weighted by atomic mass is 9.90. The molecule has 4 nitrogen and oxygen atoms in total. The van der Waals surface area contributed by atoms with E-state index in [1.54, 1.807) is 13.2 Å². The number of hydrogen-bond donors (Lipinski definition) is 1. The van der Waals surface area contributed by atoms with Crippen LogP contribution in [-0.2, 0) is 6.42 Å². The Balaban J connectivity index is 2.37. The molecule has 110 valence electrons. The van der Waals surface area contributed by atoms with Gasteiger partial charge in [0.25, 0.3) is 0 Å². The van der Waals surface area contributed by atoms with Gasteiger partial charge in [-0.3, -0.25) is 4.79 Å². The molecule has 0 aliphatic carbocycles. The van der Waals surface area contributed by atoms with Gasteiger partial charge >= 0.3 is 0 Å². The molecule has 0 atom stereocenters. The number of halogens is 1. The molecule has 1 saturated heterocycles. The number of benzene rings is 1. The molecule has 1 aromatic rings. The van der Waals surface area contributed by atoms with Crippen molar-refractivity contribution in [3.05, 3.63) is 22.2 Å². The third kappa shape index (κ3) is 3.07. The highest BCUT2D eigenvalue weighted by Crippen LogP contribution is 2.40. The molecule has 20 heavy (non-hydrogen) atoms. The quantitative estimate of drug-likeness (QED) is 0.849. The summed E-state index contributed by atoms with van der Waals surface area (Å²) < 4.78 is 10.8. The molecule has 0 aromatic heterocycles. The van der Waals surface area contributed by atoms with Crippen LogP contribution in [-0.4, -0.2) is 33.6 Å². The lowest BCUT2D eigenvalue weighted by molar-refractivity contribution is 0.112. The first-order chi connectivity index (χ1) is 9.71. The number of aldehydes is 1. The van der Waals surface area contributed by atoms with E-state index in [-0.39, 0.29) is 0 Å².